The Morgan fingerprint density at radius 1 is 0.327 bits per heavy atom. The summed E-state index contributed by atoms with van der Waals surface area (Å²) in [5.74, 6) is 2.03. The van der Waals surface area contributed by atoms with Gasteiger partial charge in [0.25, 0.3) is 0 Å². The Labute approximate surface area is 347 Å². The number of rotatable bonds is 46. The molecule has 0 spiro atoms. The first kappa shape index (κ1) is 51.8. The van der Waals surface area contributed by atoms with Crippen molar-refractivity contribution >= 4 is 0 Å². The van der Waals surface area contributed by atoms with Gasteiger partial charge in [-0.25, -0.2) is 0 Å². The van der Waals surface area contributed by atoms with Crippen LogP contribution >= 0.6 is 0 Å². The highest BCUT2D eigenvalue weighted by atomic mass is 16.5. The van der Waals surface area contributed by atoms with Crippen molar-refractivity contribution in [3.05, 3.63) is 30.7 Å². The lowest BCUT2D eigenvalue weighted by Crippen LogP contribution is -2.04. The van der Waals surface area contributed by atoms with Crippen molar-refractivity contribution < 1.29 is 9.47 Å². The predicted octanol–water partition coefficient (Wildman–Crippen LogP) is 18.9. The molecule has 0 saturated carbocycles. The summed E-state index contributed by atoms with van der Waals surface area (Å²) in [5, 5.41) is 0. The van der Waals surface area contributed by atoms with Gasteiger partial charge in [0.05, 0.1) is 13.2 Å². The largest absolute Gasteiger partial charge is 0.493 e. The third kappa shape index (κ3) is 35.7. The molecule has 0 N–H and O–H groups in total. The molecule has 0 heterocycles. The third-order valence-corrected chi connectivity index (χ3v) is 12.0. The standard InChI is InChI=1S/C53H99O2/c1-4-7-9-11-13-15-17-19-21-23-25-27-29-31-33-35-37-39-41-43-49-54-52-47-45-48-53(51(52)46-6-3)55-50-44-42-40-38-36-34-32-30-28-26-24-22-20-18-16-14-12-10-8-5-2/h45,47-48H,3-44,46,49-50H2,1-2H3. The molecule has 323 valence electrons. The van der Waals surface area contributed by atoms with Crippen LogP contribution in [-0.4, -0.2) is 13.2 Å². The van der Waals surface area contributed by atoms with Gasteiger partial charge in [0, 0.05) is 5.56 Å². The van der Waals surface area contributed by atoms with Gasteiger partial charge < -0.3 is 9.47 Å². The number of hydrogen-bond acceptors (Lipinski definition) is 2. The highest BCUT2D eigenvalue weighted by Gasteiger charge is 2.10. The van der Waals surface area contributed by atoms with Crippen LogP contribution < -0.4 is 9.47 Å². The van der Waals surface area contributed by atoms with Crippen molar-refractivity contribution in [3.8, 4) is 11.5 Å². The average Bonchev–Trinajstić information content (AvgIpc) is 3.20. The molecule has 1 aromatic carbocycles. The molecule has 1 radical (unpaired) electrons. The van der Waals surface area contributed by atoms with E-state index in [-0.39, 0.29) is 0 Å². The Hall–Kier alpha value is -1.18. The van der Waals surface area contributed by atoms with E-state index in [4.69, 9.17) is 9.47 Å². The van der Waals surface area contributed by atoms with Crippen LogP contribution in [0.4, 0.5) is 0 Å². The van der Waals surface area contributed by atoms with Crippen molar-refractivity contribution in [3.63, 3.8) is 0 Å². The van der Waals surface area contributed by atoms with Crippen molar-refractivity contribution in [1.82, 2.24) is 0 Å². The molecule has 0 amide bonds. The zero-order chi connectivity index (χ0) is 39.4. The zero-order valence-electron chi connectivity index (χ0n) is 37.9. The van der Waals surface area contributed by atoms with E-state index in [0.717, 1.165) is 50.4 Å². The van der Waals surface area contributed by atoms with Gasteiger partial charge in [-0.15, -0.1) is 0 Å². The second-order valence-electron chi connectivity index (χ2n) is 17.5. The van der Waals surface area contributed by atoms with Gasteiger partial charge in [0.2, 0.25) is 0 Å². The summed E-state index contributed by atoms with van der Waals surface area (Å²) in [4.78, 5) is 0. The molecule has 0 aliphatic carbocycles. The minimum absolute atomic E-state index is 0.811. The normalized spacial score (nSPS) is 11.5. The first-order valence-electron chi connectivity index (χ1n) is 25.5. The molecule has 2 heteroatoms. The van der Waals surface area contributed by atoms with Gasteiger partial charge in [-0.1, -0.05) is 271 Å². The summed E-state index contributed by atoms with van der Waals surface area (Å²) in [5.41, 5.74) is 1.22. The Morgan fingerprint density at radius 2 is 0.545 bits per heavy atom. The SMILES string of the molecule is [CH2]CCc1c(OCCCCCCCCCCCCCCCCCCCCCC)cccc1OCCCCCCCCCCCCCCCCCCCCCC. The van der Waals surface area contributed by atoms with E-state index in [9.17, 15) is 0 Å². The Bertz CT molecular complexity index is 800. The molecule has 2 nitrogen and oxygen atoms in total. The predicted molar refractivity (Wildman–Crippen MR) is 247 cm³/mol. The van der Waals surface area contributed by atoms with Crippen LogP contribution in [0.25, 0.3) is 0 Å². The number of hydrogen-bond donors (Lipinski definition) is 0. The molecule has 0 bridgehead atoms. The Morgan fingerprint density at radius 3 is 0.764 bits per heavy atom. The molecule has 0 unspecified atom stereocenters. The molecule has 1 aromatic rings. The second-order valence-corrected chi connectivity index (χ2v) is 17.5. The first-order chi connectivity index (χ1) is 27.3. The molecule has 0 aromatic heterocycles. The van der Waals surface area contributed by atoms with Crippen LogP contribution in [0.2, 0.25) is 0 Å². The fourth-order valence-corrected chi connectivity index (χ4v) is 8.32. The second kappa shape index (κ2) is 43.9. The summed E-state index contributed by atoms with van der Waals surface area (Å²) in [6.45, 7) is 10.4. The van der Waals surface area contributed by atoms with Crippen LogP contribution in [0, 0.1) is 6.92 Å². The molecular formula is C53H99O2. The van der Waals surface area contributed by atoms with E-state index in [1.54, 1.807) is 0 Å². The van der Waals surface area contributed by atoms with Gasteiger partial charge in [-0.05, 0) is 37.8 Å². The maximum atomic E-state index is 6.31. The van der Waals surface area contributed by atoms with E-state index >= 15 is 0 Å². The van der Waals surface area contributed by atoms with E-state index in [1.165, 1.54) is 250 Å². The van der Waals surface area contributed by atoms with E-state index in [2.05, 4.69) is 39.0 Å². The van der Waals surface area contributed by atoms with Crippen LogP contribution in [0.3, 0.4) is 0 Å². The molecule has 0 atom stereocenters. The lowest BCUT2D eigenvalue weighted by Gasteiger charge is -2.16. The quantitative estimate of drug-likeness (QED) is 0.0615. The smallest absolute Gasteiger partial charge is 0.126 e. The number of benzene rings is 1. The number of unbranched alkanes of at least 4 members (excludes halogenated alkanes) is 38. The summed E-state index contributed by atoms with van der Waals surface area (Å²) in [6.07, 6.45) is 58.4. The zero-order valence-corrected chi connectivity index (χ0v) is 37.9. The highest BCUT2D eigenvalue weighted by Crippen LogP contribution is 2.30. The van der Waals surface area contributed by atoms with Crippen molar-refractivity contribution in [2.75, 3.05) is 13.2 Å². The summed E-state index contributed by atoms with van der Waals surface area (Å²) in [6, 6.07) is 6.37. The van der Waals surface area contributed by atoms with Crippen LogP contribution in [0.5, 0.6) is 11.5 Å². The first-order valence-corrected chi connectivity index (χ1v) is 25.5. The summed E-state index contributed by atoms with van der Waals surface area (Å²) in [7, 11) is 0. The fraction of sp³-hybridized carbons (Fsp3) is 0.868. The molecular weight excluding hydrogens is 669 g/mol. The lowest BCUT2D eigenvalue weighted by atomic mass is 10.0. The van der Waals surface area contributed by atoms with Crippen molar-refractivity contribution in [2.45, 2.75) is 284 Å². The van der Waals surface area contributed by atoms with Crippen LogP contribution in [0.15, 0.2) is 18.2 Å². The Kier molecular flexibility index (Phi) is 41.4. The summed E-state index contributed by atoms with van der Waals surface area (Å²) < 4.78 is 12.6. The van der Waals surface area contributed by atoms with Crippen LogP contribution in [-0.2, 0) is 6.42 Å². The van der Waals surface area contributed by atoms with Crippen molar-refractivity contribution in [1.29, 1.82) is 0 Å². The van der Waals surface area contributed by atoms with E-state index in [0.29, 0.717) is 0 Å². The number of ether oxygens (including phenoxy) is 2. The molecule has 1 rings (SSSR count). The van der Waals surface area contributed by atoms with Crippen molar-refractivity contribution in [2.24, 2.45) is 0 Å². The van der Waals surface area contributed by atoms with Gasteiger partial charge in [-0.3, -0.25) is 0 Å². The minimum atomic E-state index is 0.811. The molecule has 0 fully saturated rings. The topological polar surface area (TPSA) is 18.5 Å². The molecule has 0 aliphatic rings. The average molecular weight is 768 g/mol. The molecule has 0 aliphatic heterocycles. The highest BCUT2D eigenvalue weighted by molar-refractivity contribution is 5.45. The van der Waals surface area contributed by atoms with Crippen LogP contribution in [0.1, 0.15) is 283 Å². The van der Waals surface area contributed by atoms with E-state index < -0.39 is 0 Å². The monoisotopic (exact) mass is 768 g/mol. The van der Waals surface area contributed by atoms with Gasteiger partial charge in [0.1, 0.15) is 11.5 Å². The minimum Gasteiger partial charge on any atom is -0.493 e. The summed E-state index contributed by atoms with van der Waals surface area (Å²) >= 11 is 0. The maximum absolute atomic E-state index is 6.31. The van der Waals surface area contributed by atoms with Gasteiger partial charge in [0.15, 0.2) is 0 Å². The van der Waals surface area contributed by atoms with Gasteiger partial charge >= 0.3 is 0 Å². The maximum Gasteiger partial charge on any atom is 0.126 e. The Balaban J connectivity index is 1.94. The van der Waals surface area contributed by atoms with Gasteiger partial charge in [-0.2, -0.15) is 0 Å². The third-order valence-electron chi connectivity index (χ3n) is 12.0. The van der Waals surface area contributed by atoms with E-state index in [1.807, 2.05) is 0 Å². The lowest BCUT2D eigenvalue weighted by molar-refractivity contribution is 0.284. The molecule has 0 saturated heterocycles. The fourth-order valence-electron chi connectivity index (χ4n) is 8.32. The molecule has 55 heavy (non-hydrogen) atoms.